The maximum absolute atomic E-state index is 6.21. The molecule has 0 saturated carbocycles. The quantitative estimate of drug-likeness (QED) is 0.508. The Labute approximate surface area is 130 Å². The Hall–Kier alpha value is -1.43. The van der Waals surface area contributed by atoms with Crippen LogP contribution in [-0.4, -0.2) is 9.55 Å². The van der Waals surface area contributed by atoms with Crippen LogP contribution in [0, 0.1) is 12.3 Å². The smallest absolute Gasteiger partial charge is 0.127 e. The lowest BCUT2D eigenvalue weighted by Crippen LogP contribution is -2.07. The van der Waals surface area contributed by atoms with E-state index in [1.807, 2.05) is 4.57 Å². The fourth-order valence-electron chi connectivity index (χ4n) is 2.67. The largest absolute Gasteiger partial charge is 0.384 e. The number of aromatic nitrogens is 2. The molecule has 0 amide bonds. The van der Waals surface area contributed by atoms with E-state index in [1.165, 1.54) is 44.9 Å². The standard InChI is InChI=1S/C18H31N3/c1-5-7-8-9-10-11-12-13-16-17(19)21(14-6-2)18(20-16)15(3)4/h2,15H,5,7-14,19H2,1,3-4H3. The molecule has 21 heavy (non-hydrogen) atoms. The van der Waals surface area contributed by atoms with Crippen LogP contribution in [0.4, 0.5) is 5.82 Å². The van der Waals surface area contributed by atoms with Crippen molar-refractivity contribution in [2.24, 2.45) is 0 Å². The van der Waals surface area contributed by atoms with Crippen molar-refractivity contribution in [1.29, 1.82) is 0 Å². The van der Waals surface area contributed by atoms with Crippen molar-refractivity contribution in [3.05, 3.63) is 11.5 Å². The van der Waals surface area contributed by atoms with Crippen LogP contribution in [-0.2, 0) is 13.0 Å². The van der Waals surface area contributed by atoms with Gasteiger partial charge in [-0.2, -0.15) is 0 Å². The van der Waals surface area contributed by atoms with Crippen molar-refractivity contribution in [3.8, 4) is 12.3 Å². The van der Waals surface area contributed by atoms with Gasteiger partial charge in [-0.05, 0) is 12.8 Å². The normalized spacial score (nSPS) is 11.0. The van der Waals surface area contributed by atoms with E-state index in [2.05, 4.69) is 26.7 Å². The zero-order chi connectivity index (χ0) is 15.7. The summed E-state index contributed by atoms with van der Waals surface area (Å²) in [5, 5.41) is 0. The maximum atomic E-state index is 6.21. The van der Waals surface area contributed by atoms with Gasteiger partial charge in [0.15, 0.2) is 0 Å². The zero-order valence-corrected chi connectivity index (χ0v) is 14.0. The average Bonchev–Trinajstić information content (AvgIpc) is 2.76. The van der Waals surface area contributed by atoms with Crippen LogP contribution in [0.3, 0.4) is 0 Å². The van der Waals surface area contributed by atoms with E-state index in [9.17, 15) is 0 Å². The summed E-state index contributed by atoms with van der Waals surface area (Å²) < 4.78 is 1.99. The third-order valence-corrected chi connectivity index (χ3v) is 3.90. The van der Waals surface area contributed by atoms with Crippen molar-refractivity contribution >= 4 is 5.82 Å². The molecule has 1 heterocycles. The number of nitrogens with two attached hydrogens (primary N) is 1. The molecule has 1 aromatic rings. The summed E-state index contributed by atoms with van der Waals surface area (Å²) in [5.41, 5.74) is 7.24. The number of nitrogens with zero attached hydrogens (tertiary/aromatic N) is 2. The molecule has 0 bridgehead atoms. The number of terminal acetylenes is 1. The molecule has 3 nitrogen and oxygen atoms in total. The highest BCUT2D eigenvalue weighted by atomic mass is 15.1. The van der Waals surface area contributed by atoms with Crippen molar-refractivity contribution < 1.29 is 0 Å². The molecule has 0 saturated heterocycles. The number of unbranched alkanes of at least 4 members (excludes halogenated alkanes) is 6. The van der Waals surface area contributed by atoms with Crippen LogP contribution in [0.5, 0.6) is 0 Å². The molecule has 0 radical (unpaired) electrons. The van der Waals surface area contributed by atoms with Gasteiger partial charge in [0.2, 0.25) is 0 Å². The third kappa shape index (κ3) is 5.46. The summed E-state index contributed by atoms with van der Waals surface area (Å²) in [4.78, 5) is 4.72. The molecule has 2 N–H and O–H groups in total. The highest BCUT2D eigenvalue weighted by molar-refractivity contribution is 5.39. The first-order valence-corrected chi connectivity index (χ1v) is 8.40. The van der Waals surface area contributed by atoms with Gasteiger partial charge in [0, 0.05) is 5.92 Å². The molecule has 0 aliphatic carbocycles. The van der Waals surface area contributed by atoms with Gasteiger partial charge in [-0.3, -0.25) is 0 Å². The summed E-state index contributed by atoms with van der Waals surface area (Å²) >= 11 is 0. The monoisotopic (exact) mass is 289 g/mol. The van der Waals surface area contributed by atoms with Gasteiger partial charge in [-0.1, -0.05) is 65.2 Å². The van der Waals surface area contributed by atoms with Gasteiger partial charge >= 0.3 is 0 Å². The van der Waals surface area contributed by atoms with Crippen LogP contribution < -0.4 is 5.73 Å². The van der Waals surface area contributed by atoms with E-state index in [4.69, 9.17) is 17.1 Å². The van der Waals surface area contributed by atoms with E-state index in [0.29, 0.717) is 12.5 Å². The summed E-state index contributed by atoms with van der Waals surface area (Å²) in [6, 6.07) is 0. The Morgan fingerprint density at radius 2 is 1.76 bits per heavy atom. The Bertz CT molecular complexity index is 452. The van der Waals surface area contributed by atoms with Crippen LogP contribution in [0.15, 0.2) is 0 Å². The molecule has 3 heteroatoms. The molecule has 1 rings (SSSR count). The van der Waals surface area contributed by atoms with Crippen molar-refractivity contribution in [2.75, 3.05) is 5.73 Å². The van der Waals surface area contributed by atoms with E-state index in [-0.39, 0.29) is 0 Å². The number of anilines is 1. The van der Waals surface area contributed by atoms with Crippen LogP contribution in [0.1, 0.15) is 83.2 Å². The summed E-state index contributed by atoms with van der Waals surface area (Å²) in [6.45, 7) is 7.03. The molecule has 0 fully saturated rings. The SMILES string of the molecule is C#CCn1c(C(C)C)nc(CCCCCCCCC)c1N. The van der Waals surface area contributed by atoms with Gasteiger partial charge in [0.25, 0.3) is 0 Å². The van der Waals surface area contributed by atoms with E-state index < -0.39 is 0 Å². The number of aryl methyl sites for hydroxylation is 1. The van der Waals surface area contributed by atoms with Gasteiger partial charge in [-0.15, -0.1) is 6.42 Å². The van der Waals surface area contributed by atoms with Crippen molar-refractivity contribution in [1.82, 2.24) is 9.55 Å². The predicted octanol–water partition coefficient (Wildman–Crippen LogP) is 4.52. The lowest BCUT2D eigenvalue weighted by Gasteiger charge is -2.08. The second-order valence-corrected chi connectivity index (χ2v) is 6.12. The second kappa shape index (κ2) is 9.50. The molecule has 0 atom stereocenters. The minimum atomic E-state index is 0.350. The average molecular weight is 289 g/mol. The fraction of sp³-hybridized carbons (Fsp3) is 0.722. The Morgan fingerprint density at radius 3 is 2.33 bits per heavy atom. The first kappa shape index (κ1) is 17.6. The van der Waals surface area contributed by atoms with Crippen molar-refractivity contribution in [3.63, 3.8) is 0 Å². The molecule has 0 aliphatic heterocycles. The van der Waals surface area contributed by atoms with E-state index in [0.717, 1.165) is 23.8 Å². The minimum Gasteiger partial charge on any atom is -0.384 e. The highest BCUT2D eigenvalue weighted by Crippen LogP contribution is 2.22. The van der Waals surface area contributed by atoms with Gasteiger partial charge in [-0.25, -0.2) is 4.98 Å². The fourth-order valence-corrected chi connectivity index (χ4v) is 2.67. The Balaban J connectivity index is 2.48. The van der Waals surface area contributed by atoms with Gasteiger partial charge in [0.1, 0.15) is 11.6 Å². The lowest BCUT2D eigenvalue weighted by atomic mass is 10.1. The maximum Gasteiger partial charge on any atom is 0.127 e. The summed E-state index contributed by atoms with van der Waals surface area (Å²) in [5.74, 6) is 4.81. The number of nitrogen functional groups attached to an aromatic ring is 1. The molecule has 0 unspecified atom stereocenters. The first-order valence-electron chi connectivity index (χ1n) is 8.40. The third-order valence-electron chi connectivity index (χ3n) is 3.90. The molecule has 0 aromatic carbocycles. The number of rotatable bonds is 10. The van der Waals surface area contributed by atoms with E-state index in [1.54, 1.807) is 0 Å². The van der Waals surface area contributed by atoms with Crippen LogP contribution in [0.25, 0.3) is 0 Å². The predicted molar refractivity (Wildman–Crippen MR) is 91.3 cm³/mol. The molecule has 1 aromatic heterocycles. The molecule has 0 spiro atoms. The Kier molecular flexibility index (Phi) is 7.97. The van der Waals surface area contributed by atoms with Gasteiger partial charge < -0.3 is 10.3 Å². The van der Waals surface area contributed by atoms with Crippen LogP contribution >= 0.6 is 0 Å². The molecular weight excluding hydrogens is 258 g/mol. The molecule has 0 aliphatic rings. The number of hydrogen-bond acceptors (Lipinski definition) is 2. The number of hydrogen-bond donors (Lipinski definition) is 1. The van der Waals surface area contributed by atoms with E-state index >= 15 is 0 Å². The van der Waals surface area contributed by atoms with Crippen LogP contribution in [0.2, 0.25) is 0 Å². The molecule has 118 valence electrons. The zero-order valence-electron chi connectivity index (χ0n) is 14.0. The second-order valence-electron chi connectivity index (χ2n) is 6.12. The van der Waals surface area contributed by atoms with Gasteiger partial charge in [0.05, 0.1) is 12.2 Å². The topological polar surface area (TPSA) is 43.8 Å². The Morgan fingerprint density at radius 1 is 1.14 bits per heavy atom. The lowest BCUT2D eigenvalue weighted by molar-refractivity contribution is 0.587. The molecular formula is C18H31N3. The number of imidazole rings is 1. The first-order chi connectivity index (χ1) is 10.1. The summed E-state index contributed by atoms with van der Waals surface area (Å²) in [7, 11) is 0. The minimum absolute atomic E-state index is 0.350. The summed E-state index contributed by atoms with van der Waals surface area (Å²) in [6.07, 6.45) is 15.5. The highest BCUT2D eigenvalue weighted by Gasteiger charge is 2.15. The van der Waals surface area contributed by atoms with Crippen molar-refractivity contribution in [2.45, 2.75) is 84.6 Å².